The molecule has 1 heterocycles. The van der Waals surface area contributed by atoms with Crippen molar-refractivity contribution in [3.63, 3.8) is 0 Å². The molecule has 0 spiro atoms. The third-order valence-electron chi connectivity index (χ3n) is 3.48. The molecule has 5 nitrogen and oxygen atoms in total. The molecule has 0 atom stereocenters. The highest BCUT2D eigenvalue weighted by molar-refractivity contribution is 5.57. The molecule has 0 saturated carbocycles. The fraction of sp³-hybridized carbons (Fsp3) is 0.400. The summed E-state index contributed by atoms with van der Waals surface area (Å²) < 4.78 is 7.12. The van der Waals surface area contributed by atoms with Gasteiger partial charge < -0.3 is 15.2 Å². The maximum Gasteiger partial charge on any atom is 0.216 e. The Kier molecular flexibility index (Phi) is 3.88. The van der Waals surface area contributed by atoms with E-state index >= 15 is 0 Å². The molecule has 0 bridgehead atoms. The number of phenolic OH excluding ortho intramolecular Hbond substituents is 1. The summed E-state index contributed by atoms with van der Waals surface area (Å²) in [5, 5.41) is 17.4. The van der Waals surface area contributed by atoms with Gasteiger partial charge in [0.05, 0.1) is 18.4 Å². The number of nitrogens with zero attached hydrogens (tertiary/aromatic N) is 2. The third-order valence-corrected chi connectivity index (χ3v) is 3.48. The molecule has 0 aliphatic rings. The van der Waals surface area contributed by atoms with Crippen LogP contribution in [0.5, 0.6) is 11.6 Å². The summed E-state index contributed by atoms with van der Waals surface area (Å²) in [6.45, 7) is 6.45. The van der Waals surface area contributed by atoms with Crippen molar-refractivity contribution in [3.05, 3.63) is 34.5 Å². The number of benzene rings is 1. The Balaban J connectivity index is 2.23. The Labute approximate surface area is 119 Å². The third kappa shape index (κ3) is 2.57. The first-order chi connectivity index (χ1) is 9.43. The maximum atomic E-state index is 9.68. The number of hydrogen-bond donors (Lipinski definition) is 2. The lowest BCUT2D eigenvalue weighted by molar-refractivity contribution is 0.370. The Morgan fingerprint density at radius 3 is 2.60 bits per heavy atom. The van der Waals surface area contributed by atoms with Gasteiger partial charge in [-0.2, -0.15) is 5.10 Å². The summed E-state index contributed by atoms with van der Waals surface area (Å²) in [6.07, 6.45) is 0. The molecule has 0 aliphatic heterocycles. The zero-order chi connectivity index (χ0) is 14.9. The van der Waals surface area contributed by atoms with Crippen molar-refractivity contribution in [2.75, 3.05) is 12.4 Å². The van der Waals surface area contributed by atoms with Crippen molar-refractivity contribution in [2.45, 2.75) is 27.3 Å². The predicted molar refractivity (Wildman–Crippen MR) is 79.4 cm³/mol. The first-order valence-electron chi connectivity index (χ1n) is 6.54. The van der Waals surface area contributed by atoms with Crippen LogP contribution in [0.3, 0.4) is 0 Å². The molecule has 108 valence electrons. The van der Waals surface area contributed by atoms with Crippen molar-refractivity contribution >= 4 is 5.69 Å². The summed E-state index contributed by atoms with van der Waals surface area (Å²) >= 11 is 0. The highest BCUT2D eigenvalue weighted by atomic mass is 16.5. The van der Waals surface area contributed by atoms with Crippen LogP contribution in [0.4, 0.5) is 5.69 Å². The number of aromatic nitrogens is 2. The molecule has 0 fully saturated rings. The molecular formula is C15H21N3O2. The smallest absolute Gasteiger partial charge is 0.216 e. The van der Waals surface area contributed by atoms with E-state index in [4.69, 9.17) is 4.74 Å². The average molecular weight is 275 g/mol. The Morgan fingerprint density at radius 1 is 1.25 bits per heavy atom. The van der Waals surface area contributed by atoms with E-state index in [1.165, 1.54) is 0 Å². The van der Waals surface area contributed by atoms with Crippen LogP contribution in [0.25, 0.3) is 0 Å². The molecule has 0 aliphatic carbocycles. The fourth-order valence-electron chi connectivity index (χ4n) is 2.31. The lowest BCUT2D eigenvalue weighted by atomic mass is 10.1. The lowest BCUT2D eigenvalue weighted by Gasteiger charge is -2.12. The van der Waals surface area contributed by atoms with Crippen molar-refractivity contribution in [2.24, 2.45) is 7.05 Å². The lowest BCUT2D eigenvalue weighted by Crippen LogP contribution is -2.04. The van der Waals surface area contributed by atoms with E-state index in [2.05, 4.69) is 10.4 Å². The van der Waals surface area contributed by atoms with Gasteiger partial charge in [0.2, 0.25) is 5.88 Å². The number of hydrogen-bond acceptors (Lipinski definition) is 4. The van der Waals surface area contributed by atoms with Crippen LogP contribution in [0.2, 0.25) is 0 Å². The van der Waals surface area contributed by atoms with Gasteiger partial charge in [-0.3, -0.25) is 0 Å². The van der Waals surface area contributed by atoms with Crippen LogP contribution < -0.4 is 10.1 Å². The van der Waals surface area contributed by atoms with Crippen LogP contribution >= 0.6 is 0 Å². The first-order valence-corrected chi connectivity index (χ1v) is 6.54. The van der Waals surface area contributed by atoms with E-state index in [9.17, 15) is 5.11 Å². The molecular weight excluding hydrogens is 254 g/mol. The van der Waals surface area contributed by atoms with Gasteiger partial charge in [0, 0.05) is 19.3 Å². The normalized spacial score (nSPS) is 10.7. The van der Waals surface area contributed by atoms with Crippen LogP contribution in [-0.4, -0.2) is 22.0 Å². The quantitative estimate of drug-likeness (QED) is 0.842. The standard InChI is InChI=1S/C15H21N3O2/c1-9-7-14(19)10(2)6-13(9)16-8-12-11(3)17-18(4)15(12)20-5/h6-7,16,19H,8H2,1-5H3. The highest BCUT2D eigenvalue weighted by Gasteiger charge is 2.14. The summed E-state index contributed by atoms with van der Waals surface area (Å²) in [5.74, 6) is 1.09. The van der Waals surface area contributed by atoms with Gasteiger partial charge in [0.25, 0.3) is 0 Å². The van der Waals surface area contributed by atoms with E-state index in [0.29, 0.717) is 12.3 Å². The molecule has 5 heteroatoms. The Bertz CT molecular complexity index is 633. The predicted octanol–water partition coefficient (Wildman–Crippen LogP) is 2.67. The van der Waals surface area contributed by atoms with Crippen molar-refractivity contribution in [1.82, 2.24) is 9.78 Å². The molecule has 1 aromatic heterocycles. The zero-order valence-corrected chi connectivity index (χ0v) is 12.6. The number of nitrogens with one attached hydrogen (secondary N) is 1. The van der Waals surface area contributed by atoms with Gasteiger partial charge >= 0.3 is 0 Å². The molecule has 0 saturated heterocycles. The number of anilines is 1. The van der Waals surface area contributed by atoms with Gasteiger partial charge in [-0.25, -0.2) is 4.68 Å². The molecule has 0 amide bonds. The number of rotatable bonds is 4. The SMILES string of the molecule is COc1c(CNc2cc(C)c(O)cc2C)c(C)nn1C. The van der Waals surface area contributed by atoms with Gasteiger partial charge in [0.15, 0.2) is 0 Å². The monoisotopic (exact) mass is 275 g/mol. The largest absolute Gasteiger partial charge is 0.508 e. The molecule has 0 radical (unpaired) electrons. The molecule has 0 unspecified atom stereocenters. The van der Waals surface area contributed by atoms with Crippen LogP contribution in [-0.2, 0) is 13.6 Å². The van der Waals surface area contributed by atoms with E-state index < -0.39 is 0 Å². The molecule has 2 aromatic rings. The molecule has 2 N–H and O–H groups in total. The molecule has 2 rings (SSSR count). The van der Waals surface area contributed by atoms with Gasteiger partial charge in [-0.15, -0.1) is 0 Å². The molecule has 1 aromatic carbocycles. The fourth-order valence-corrected chi connectivity index (χ4v) is 2.31. The van der Waals surface area contributed by atoms with Crippen LogP contribution in [0.1, 0.15) is 22.4 Å². The minimum Gasteiger partial charge on any atom is -0.508 e. The van der Waals surface area contributed by atoms with Crippen LogP contribution in [0, 0.1) is 20.8 Å². The Morgan fingerprint density at radius 2 is 1.95 bits per heavy atom. The average Bonchev–Trinajstić information content (AvgIpc) is 2.66. The number of methoxy groups -OCH3 is 1. The summed E-state index contributed by atoms with van der Waals surface area (Å²) in [6, 6.07) is 3.72. The van der Waals surface area contributed by atoms with Crippen molar-refractivity contribution < 1.29 is 9.84 Å². The van der Waals surface area contributed by atoms with E-state index in [0.717, 1.165) is 34.0 Å². The van der Waals surface area contributed by atoms with Crippen LogP contribution in [0.15, 0.2) is 12.1 Å². The second-order valence-corrected chi connectivity index (χ2v) is 5.00. The minimum absolute atomic E-state index is 0.322. The number of phenols is 1. The van der Waals surface area contributed by atoms with E-state index in [-0.39, 0.29) is 0 Å². The van der Waals surface area contributed by atoms with Crippen molar-refractivity contribution in [1.29, 1.82) is 0 Å². The summed E-state index contributed by atoms with van der Waals surface area (Å²) in [4.78, 5) is 0. The Hall–Kier alpha value is -2.17. The number of aromatic hydroxyl groups is 1. The first kappa shape index (κ1) is 14.2. The summed E-state index contributed by atoms with van der Waals surface area (Å²) in [5.41, 5.74) is 4.86. The number of ether oxygens (including phenoxy) is 1. The van der Waals surface area contributed by atoms with E-state index in [1.807, 2.05) is 33.9 Å². The zero-order valence-electron chi connectivity index (χ0n) is 12.6. The van der Waals surface area contributed by atoms with Gasteiger partial charge in [-0.05, 0) is 44.0 Å². The minimum atomic E-state index is 0.322. The molecule has 20 heavy (non-hydrogen) atoms. The number of aryl methyl sites for hydroxylation is 4. The maximum absolute atomic E-state index is 9.68. The van der Waals surface area contributed by atoms with E-state index in [1.54, 1.807) is 17.9 Å². The van der Waals surface area contributed by atoms with Crippen molar-refractivity contribution in [3.8, 4) is 11.6 Å². The van der Waals surface area contributed by atoms with Gasteiger partial charge in [-0.1, -0.05) is 0 Å². The topological polar surface area (TPSA) is 59.3 Å². The highest BCUT2D eigenvalue weighted by Crippen LogP contribution is 2.27. The second kappa shape index (κ2) is 5.45. The summed E-state index contributed by atoms with van der Waals surface area (Å²) in [7, 11) is 3.52. The second-order valence-electron chi connectivity index (χ2n) is 5.00. The van der Waals surface area contributed by atoms with Gasteiger partial charge in [0.1, 0.15) is 5.75 Å².